The largest absolute Gasteiger partial charge is 0.371 e. The SMILES string of the molecule is CNS(=O)(=O)c1ccc(Cl)c(C(=O)Nc2ccc(N3CCC(C)C3)cc2)c1. The van der Waals surface area contributed by atoms with Gasteiger partial charge in [0.15, 0.2) is 0 Å². The van der Waals surface area contributed by atoms with E-state index in [9.17, 15) is 13.2 Å². The minimum absolute atomic E-state index is 0.0157. The van der Waals surface area contributed by atoms with E-state index in [1.165, 1.54) is 31.7 Å². The second-order valence-corrected chi connectivity index (χ2v) is 8.98. The molecule has 1 fully saturated rings. The van der Waals surface area contributed by atoms with Gasteiger partial charge in [0.05, 0.1) is 15.5 Å². The van der Waals surface area contributed by atoms with Gasteiger partial charge in [-0.3, -0.25) is 4.79 Å². The average Bonchev–Trinajstić information content (AvgIpc) is 3.09. The van der Waals surface area contributed by atoms with E-state index in [1.807, 2.05) is 24.3 Å². The summed E-state index contributed by atoms with van der Waals surface area (Å²) >= 11 is 6.09. The molecule has 2 aromatic rings. The van der Waals surface area contributed by atoms with Crippen LogP contribution in [0.2, 0.25) is 5.02 Å². The molecule has 1 heterocycles. The molecule has 1 saturated heterocycles. The maximum Gasteiger partial charge on any atom is 0.257 e. The van der Waals surface area contributed by atoms with Crippen molar-refractivity contribution in [3.8, 4) is 0 Å². The summed E-state index contributed by atoms with van der Waals surface area (Å²) in [5.74, 6) is 0.225. The van der Waals surface area contributed by atoms with Crippen LogP contribution in [-0.4, -0.2) is 34.5 Å². The Morgan fingerprint density at radius 2 is 1.89 bits per heavy atom. The topological polar surface area (TPSA) is 78.5 Å². The molecule has 0 aliphatic carbocycles. The smallest absolute Gasteiger partial charge is 0.257 e. The van der Waals surface area contributed by atoms with E-state index in [1.54, 1.807) is 0 Å². The van der Waals surface area contributed by atoms with E-state index >= 15 is 0 Å². The minimum atomic E-state index is -3.66. The van der Waals surface area contributed by atoms with E-state index in [2.05, 4.69) is 21.9 Å². The molecular weight excluding hydrogens is 386 g/mol. The van der Waals surface area contributed by atoms with E-state index in [0.29, 0.717) is 11.6 Å². The molecule has 1 unspecified atom stereocenters. The first kappa shape index (κ1) is 19.7. The molecule has 6 nitrogen and oxygen atoms in total. The Morgan fingerprint density at radius 3 is 2.48 bits per heavy atom. The van der Waals surface area contributed by atoms with Crippen molar-refractivity contribution in [1.29, 1.82) is 0 Å². The summed E-state index contributed by atoms with van der Waals surface area (Å²) in [6.45, 7) is 4.31. The Bertz CT molecular complexity index is 945. The molecule has 2 aromatic carbocycles. The summed E-state index contributed by atoms with van der Waals surface area (Å²) in [6, 6.07) is 11.6. The predicted octanol–water partition coefficient (Wildman–Crippen LogP) is 3.35. The van der Waals surface area contributed by atoms with Crippen LogP contribution in [0.1, 0.15) is 23.7 Å². The monoisotopic (exact) mass is 407 g/mol. The van der Waals surface area contributed by atoms with Crippen LogP contribution < -0.4 is 14.9 Å². The van der Waals surface area contributed by atoms with Crippen molar-refractivity contribution in [3.05, 3.63) is 53.1 Å². The first-order chi connectivity index (χ1) is 12.8. The highest BCUT2D eigenvalue weighted by atomic mass is 35.5. The standard InChI is InChI=1S/C19H22ClN3O3S/c1-13-9-10-23(12-13)15-5-3-14(4-6-15)22-19(24)17-11-16(7-8-18(17)20)27(25,26)21-2/h3-8,11,13,21H,9-10,12H2,1-2H3,(H,22,24). The zero-order valence-electron chi connectivity index (χ0n) is 15.2. The number of hydrogen-bond acceptors (Lipinski definition) is 4. The normalized spacial score (nSPS) is 17.1. The van der Waals surface area contributed by atoms with Crippen LogP contribution in [0.15, 0.2) is 47.4 Å². The number of amides is 1. The van der Waals surface area contributed by atoms with Gasteiger partial charge in [0, 0.05) is 24.5 Å². The van der Waals surface area contributed by atoms with Crippen LogP contribution in [0.25, 0.3) is 0 Å². The second kappa shape index (κ2) is 7.88. The third kappa shape index (κ3) is 4.43. The third-order valence-electron chi connectivity index (χ3n) is 4.68. The number of nitrogens with zero attached hydrogens (tertiary/aromatic N) is 1. The van der Waals surface area contributed by atoms with Crippen LogP contribution in [0, 0.1) is 5.92 Å². The number of halogens is 1. The highest BCUT2D eigenvalue weighted by molar-refractivity contribution is 7.89. The van der Waals surface area contributed by atoms with Crippen LogP contribution >= 0.6 is 11.6 Å². The fourth-order valence-electron chi connectivity index (χ4n) is 3.09. The lowest BCUT2D eigenvalue weighted by molar-refractivity contribution is 0.102. The summed E-state index contributed by atoms with van der Waals surface area (Å²) in [6.07, 6.45) is 1.18. The first-order valence-electron chi connectivity index (χ1n) is 8.69. The lowest BCUT2D eigenvalue weighted by Gasteiger charge is -2.18. The Morgan fingerprint density at radius 1 is 1.19 bits per heavy atom. The Hall–Kier alpha value is -2.09. The van der Waals surface area contributed by atoms with Gasteiger partial charge in [-0.2, -0.15) is 0 Å². The number of rotatable bonds is 5. The Kier molecular flexibility index (Phi) is 5.74. The maximum absolute atomic E-state index is 12.6. The van der Waals surface area contributed by atoms with Gasteiger partial charge in [-0.25, -0.2) is 13.1 Å². The fourth-order valence-corrected chi connectivity index (χ4v) is 4.05. The molecule has 1 aliphatic heterocycles. The van der Waals surface area contributed by atoms with Gasteiger partial charge in [-0.05, 0) is 61.9 Å². The molecule has 1 amide bonds. The maximum atomic E-state index is 12.6. The van der Waals surface area contributed by atoms with Gasteiger partial charge in [0.2, 0.25) is 10.0 Å². The summed E-state index contributed by atoms with van der Waals surface area (Å²) in [7, 11) is -2.35. The molecule has 0 saturated carbocycles. The Balaban J connectivity index is 1.76. The summed E-state index contributed by atoms with van der Waals surface area (Å²) in [5.41, 5.74) is 1.84. The lowest BCUT2D eigenvalue weighted by Crippen LogP contribution is -2.20. The number of benzene rings is 2. The van der Waals surface area contributed by atoms with Gasteiger partial charge in [0.25, 0.3) is 5.91 Å². The molecule has 0 aromatic heterocycles. The van der Waals surface area contributed by atoms with E-state index in [0.717, 1.165) is 18.8 Å². The molecule has 1 aliphatic rings. The number of nitrogens with one attached hydrogen (secondary N) is 2. The highest BCUT2D eigenvalue weighted by Gasteiger charge is 2.20. The van der Waals surface area contributed by atoms with Crippen LogP contribution in [-0.2, 0) is 10.0 Å². The van der Waals surface area contributed by atoms with Gasteiger partial charge in [-0.1, -0.05) is 18.5 Å². The molecule has 3 rings (SSSR count). The highest BCUT2D eigenvalue weighted by Crippen LogP contribution is 2.26. The zero-order valence-corrected chi connectivity index (χ0v) is 16.8. The van der Waals surface area contributed by atoms with Crippen LogP contribution in [0.3, 0.4) is 0 Å². The predicted molar refractivity (Wildman–Crippen MR) is 108 cm³/mol. The number of hydrogen-bond donors (Lipinski definition) is 2. The van der Waals surface area contributed by atoms with Gasteiger partial charge in [0.1, 0.15) is 0 Å². The van der Waals surface area contributed by atoms with Crippen molar-refractivity contribution in [2.24, 2.45) is 5.92 Å². The zero-order chi connectivity index (χ0) is 19.6. The van der Waals surface area contributed by atoms with Gasteiger partial charge < -0.3 is 10.2 Å². The molecule has 144 valence electrons. The average molecular weight is 408 g/mol. The molecule has 0 radical (unpaired) electrons. The first-order valence-corrected chi connectivity index (χ1v) is 10.6. The second-order valence-electron chi connectivity index (χ2n) is 6.69. The summed E-state index contributed by atoms with van der Waals surface area (Å²) in [4.78, 5) is 14.9. The van der Waals surface area contributed by atoms with Crippen molar-refractivity contribution in [2.75, 3.05) is 30.4 Å². The molecular formula is C19H22ClN3O3S. The van der Waals surface area contributed by atoms with Crippen LogP contribution in [0.4, 0.5) is 11.4 Å². The lowest BCUT2D eigenvalue weighted by atomic mass is 10.2. The number of anilines is 2. The third-order valence-corrected chi connectivity index (χ3v) is 6.42. The van der Waals surface area contributed by atoms with Gasteiger partial charge >= 0.3 is 0 Å². The van der Waals surface area contributed by atoms with Crippen molar-refractivity contribution < 1.29 is 13.2 Å². The molecule has 0 spiro atoms. The van der Waals surface area contributed by atoms with Crippen molar-refractivity contribution in [1.82, 2.24) is 4.72 Å². The van der Waals surface area contributed by atoms with Crippen molar-refractivity contribution >= 4 is 38.9 Å². The molecule has 27 heavy (non-hydrogen) atoms. The van der Waals surface area contributed by atoms with E-state index in [4.69, 9.17) is 11.6 Å². The quantitative estimate of drug-likeness (QED) is 0.796. The molecule has 1 atom stereocenters. The fraction of sp³-hybridized carbons (Fsp3) is 0.316. The minimum Gasteiger partial charge on any atom is -0.371 e. The van der Waals surface area contributed by atoms with E-state index in [-0.39, 0.29) is 15.5 Å². The van der Waals surface area contributed by atoms with E-state index < -0.39 is 15.9 Å². The number of carbonyl (C=O) groups is 1. The molecule has 8 heteroatoms. The van der Waals surface area contributed by atoms with Crippen molar-refractivity contribution in [2.45, 2.75) is 18.2 Å². The number of sulfonamides is 1. The van der Waals surface area contributed by atoms with Crippen LogP contribution in [0.5, 0.6) is 0 Å². The van der Waals surface area contributed by atoms with Gasteiger partial charge in [-0.15, -0.1) is 0 Å². The molecule has 0 bridgehead atoms. The summed E-state index contributed by atoms with van der Waals surface area (Å²) in [5, 5.41) is 2.95. The Labute approximate surface area is 164 Å². The summed E-state index contributed by atoms with van der Waals surface area (Å²) < 4.78 is 26.1. The number of carbonyl (C=O) groups excluding carboxylic acids is 1. The molecule has 2 N–H and O–H groups in total. The van der Waals surface area contributed by atoms with Crippen molar-refractivity contribution in [3.63, 3.8) is 0 Å².